The molecule has 4 nitrogen and oxygen atoms in total. The lowest BCUT2D eigenvalue weighted by atomic mass is 10.2. The van der Waals surface area contributed by atoms with Crippen molar-refractivity contribution in [2.45, 2.75) is 25.4 Å². The molecule has 7 heteroatoms. The first-order valence-corrected chi connectivity index (χ1v) is 5.93. The summed E-state index contributed by atoms with van der Waals surface area (Å²) >= 11 is 0. The molecule has 3 rings (SSSR count). The number of nitrogens with one attached hydrogen (secondary N) is 1. The second kappa shape index (κ2) is 4.65. The molecule has 0 saturated heterocycles. The minimum absolute atomic E-state index is 0.112. The monoisotopic (exact) mass is 268 g/mol. The van der Waals surface area contributed by atoms with Crippen LogP contribution in [0.1, 0.15) is 18.5 Å². The van der Waals surface area contributed by atoms with Gasteiger partial charge in [-0.3, -0.25) is 0 Å². The number of hydrogen-bond donors (Lipinski definition) is 1. The van der Waals surface area contributed by atoms with Gasteiger partial charge in [-0.05, 0) is 12.8 Å². The molecule has 0 amide bonds. The quantitative estimate of drug-likeness (QED) is 0.862. The Bertz CT molecular complexity index is 584. The SMILES string of the molecule is Fc1cc(-n2nncc2CNC2CC2)cc(F)c1F. The Morgan fingerprint density at radius 2 is 1.89 bits per heavy atom. The first kappa shape index (κ1) is 12.2. The van der Waals surface area contributed by atoms with Crippen molar-refractivity contribution in [2.24, 2.45) is 0 Å². The Kier molecular flexibility index (Phi) is 2.98. The fourth-order valence-electron chi connectivity index (χ4n) is 1.80. The number of aromatic nitrogens is 3. The van der Waals surface area contributed by atoms with Gasteiger partial charge in [-0.25, -0.2) is 17.9 Å². The predicted molar refractivity (Wildman–Crippen MR) is 61.1 cm³/mol. The number of hydrogen-bond acceptors (Lipinski definition) is 3. The van der Waals surface area contributed by atoms with Crippen molar-refractivity contribution in [3.63, 3.8) is 0 Å². The fourth-order valence-corrected chi connectivity index (χ4v) is 1.80. The first-order valence-electron chi connectivity index (χ1n) is 5.93. The van der Waals surface area contributed by atoms with Gasteiger partial charge in [0.25, 0.3) is 0 Å². The topological polar surface area (TPSA) is 42.7 Å². The first-order chi connectivity index (χ1) is 9.15. The van der Waals surface area contributed by atoms with Gasteiger partial charge in [0.2, 0.25) is 0 Å². The molecule has 19 heavy (non-hydrogen) atoms. The van der Waals surface area contributed by atoms with Gasteiger partial charge in [0.05, 0.1) is 17.6 Å². The van der Waals surface area contributed by atoms with E-state index in [1.54, 1.807) is 0 Å². The highest BCUT2D eigenvalue weighted by atomic mass is 19.2. The maximum Gasteiger partial charge on any atom is 0.194 e. The summed E-state index contributed by atoms with van der Waals surface area (Å²) < 4.78 is 40.6. The molecule has 1 aliphatic carbocycles. The van der Waals surface area contributed by atoms with E-state index in [0.717, 1.165) is 25.0 Å². The Labute approximate surface area is 107 Å². The molecule has 0 aliphatic heterocycles. The molecular formula is C12H11F3N4. The second-order valence-corrected chi connectivity index (χ2v) is 4.52. The highest BCUT2D eigenvalue weighted by Crippen LogP contribution is 2.20. The summed E-state index contributed by atoms with van der Waals surface area (Å²) in [5, 5.41) is 10.7. The van der Waals surface area contributed by atoms with Gasteiger partial charge < -0.3 is 5.32 Å². The van der Waals surface area contributed by atoms with Gasteiger partial charge in [0.1, 0.15) is 0 Å². The minimum Gasteiger partial charge on any atom is -0.308 e. The molecule has 1 N–H and O–H groups in total. The van der Waals surface area contributed by atoms with Gasteiger partial charge in [-0.15, -0.1) is 5.10 Å². The van der Waals surface area contributed by atoms with Crippen molar-refractivity contribution in [1.29, 1.82) is 0 Å². The lowest BCUT2D eigenvalue weighted by Gasteiger charge is -2.07. The summed E-state index contributed by atoms with van der Waals surface area (Å²) in [7, 11) is 0. The standard InChI is InChI=1S/C12H11F3N4/c13-10-3-8(4-11(14)12(10)15)19-9(6-17-18-19)5-16-7-1-2-7/h3-4,6-7,16H,1-2,5H2. The highest BCUT2D eigenvalue weighted by molar-refractivity contribution is 5.34. The molecule has 1 aromatic heterocycles. The average molecular weight is 268 g/mol. The molecule has 1 aliphatic rings. The number of nitrogens with zero attached hydrogens (tertiary/aromatic N) is 3. The molecule has 1 heterocycles. The molecule has 0 radical (unpaired) electrons. The molecule has 1 fully saturated rings. The van der Waals surface area contributed by atoms with Crippen LogP contribution in [-0.4, -0.2) is 21.0 Å². The highest BCUT2D eigenvalue weighted by Gasteiger charge is 2.21. The third kappa shape index (κ3) is 2.46. The fraction of sp³-hybridized carbons (Fsp3) is 0.333. The summed E-state index contributed by atoms with van der Waals surface area (Å²) in [5.74, 6) is -3.97. The van der Waals surface area contributed by atoms with Crippen molar-refractivity contribution in [3.05, 3.63) is 41.5 Å². The van der Waals surface area contributed by atoms with Crippen molar-refractivity contribution >= 4 is 0 Å². The van der Waals surface area contributed by atoms with E-state index in [9.17, 15) is 13.2 Å². The number of halogens is 3. The van der Waals surface area contributed by atoms with E-state index >= 15 is 0 Å². The van der Waals surface area contributed by atoms with Gasteiger partial charge in [-0.1, -0.05) is 5.21 Å². The average Bonchev–Trinajstić information content (AvgIpc) is 3.10. The lowest BCUT2D eigenvalue weighted by molar-refractivity contribution is 0.445. The van der Waals surface area contributed by atoms with Crippen molar-refractivity contribution in [1.82, 2.24) is 20.3 Å². The van der Waals surface area contributed by atoms with Gasteiger partial charge in [-0.2, -0.15) is 0 Å². The third-order valence-electron chi connectivity index (χ3n) is 2.98. The van der Waals surface area contributed by atoms with E-state index in [1.165, 1.54) is 10.9 Å². The summed E-state index contributed by atoms with van der Waals surface area (Å²) in [6.07, 6.45) is 3.76. The molecule has 2 aromatic rings. The van der Waals surface area contributed by atoms with Crippen molar-refractivity contribution in [3.8, 4) is 5.69 Å². The zero-order chi connectivity index (χ0) is 13.4. The Hall–Kier alpha value is -1.89. The summed E-state index contributed by atoms with van der Waals surface area (Å²) in [5.41, 5.74) is 0.777. The van der Waals surface area contributed by atoms with E-state index < -0.39 is 17.5 Å². The molecule has 100 valence electrons. The Morgan fingerprint density at radius 3 is 2.53 bits per heavy atom. The van der Waals surface area contributed by atoms with Crippen LogP contribution in [0.2, 0.25) is 0 Å². The van der Waals surface area contributed by atoms with Crippen LogP contribution in [0.4, 0.5) is 13.2 Å². The van der Waals surface area contributed by atoms with E-state index in [4.69, 9.17) is 0 Å². The maximum absolute atomic E-state index is 13.2. The molecule has 0 unspecified atom stereocenters. The van der Waals surface area contributed by atoms with Crippen LogP contribution in [0.25, 0.3) is 5.69 Å². The van der Waals surface area contributed by atoms with E-state index in [0.29, 0.717) is 18.3 Å². The second-order valence-electron chi connectivity index (χ2n) is 4.52. The summed E-state index contributed by atoms with van der Waals surface area (Å²) in [6, 6.07) is 2.28. The van der Waals surface area contributed by atoms with Crippen molar-refractivity contribution in [2.75, 3.05) is 0 Å². The zero-order valence-electron chi connectivity index (χ0n) is 9.91. The van der Waals surface area contributed by atoms with Crippen LogP contribution in [0.3, 0.4) is 0 Å². The molecule has 1 saturated carbocycles. The lowest BCUT2D eigenvalue weighted by Crippen LogP contribution is -2.18. The van der Waals surface area contributed by atoms with Crippen LogP contribution < -0.4 is 5.32 Å². The van der Waals surface area contributed by atoms with Crippen LogP contribution in [0.15, 0.2) is 18.3 Å². The molecule has 1 aromatic carbocycles. The Balaban J connectivity index is 1.90. The largest absolute Gasteiger partial charge is 0.308 e. The maximum atomic E-state index is 13.2. The van der Waals surface area contributed by atoms with Crippen LogP contribution >= 0.6 is 0 Å². The smallest absolute Gasteiger partial charge is 0.194 e. The Morgan fingerprint density at radius 1 is 1.21 bits per heavy atom. The zero-order valence-corrected chi connectivity index (χ0v) is 9.91. The predicted octanol–water partition coefficient (Wildman–Crippen LogP) is 1.94. The molecular weight excluding hydrogens is 257 g/mol. The normalized spacial score (nSPS) is 14.9. The number of rotatable bonds is 4. The van der Waals surface area contributed by atoms with Crippen molar-refractivity contribution < 1.29 is 13.2 Å². The minimum atomic E-state index is -1.48. The van der Waals surface area contributed by atoms with Crippen LogP contribution in [0.5, 0.6) is 0 Å². The molecule has 0 atom stereocenters. The van der Waals surface area contributed by atoms with Gasteiger partial charge in [0, 0.05) is 24.7 Å². The summed E-state index contributed by atoms with van der Waals surface area (Å²) in [6.45, 7) is 0.498. The number of benzene rings is 1. The van der Waals surface area contributed by atoms with Crippen LogP contribution in [-0.2, 0) is 6.54 Å². The molecule has 0 spiro atoms. The summed E-state index contributed by atoms with van der Waals surface area (Å²) in [4.78, 5) is 0. The van der Waals surface area contributed by atoms with E-state index in [-0.39, 0.29) is 5.69 Å². The van der Waals surface area contributed by atoms with E-state index in [1.807, 2.05) is 0 Å². The van der Waals surface area contributed by atoms with E-state index in [2.05, 4.69) is 15.6 Å². The van der Waals surface area contributed by atoms with Gasteiger partial charge in [0.15, 0.2) is 17.5 Å². The van der Waals surface area contributed by atoms with Gasteiger partial charge >= 0.3 is 0 Å². The molecule has 0 bridgehead atoms. The van der Waals surface area contributed by atoms with Crippen LogP contribution in [0, 0.1) is 17.5 Å². The third-order valence-corrected chi connectivity index (χ3v) is 2.98.